The Hall–Kier alpha value is -1.64. The minimum absolute atomic E-state index is 0.0472. The van der Waals surface area contributed by atoms with Crippen molar-refractivity contribution in [1.29, 1.82) is 0 Å². The first-order valence-electron chi connectivity index (χ1n) is 11.2. The van der Waals surface area contributed by atoms with Crippen molar-refractivity contribution in [2.45, 2.75) is 95.1 Å². The zero-order chi connectivity index (χ0) is 22.0. The summed E-state index contributed by atoms with van der Waals surface area (Å²) in [6.45, 7) is 6.86. The third kappa shape index (κ3) is 9.45. The van der Waals surface area contributed by atoms with E-state index in [1.54, 1.807) is 0 Å². The van der Waals surface area contributed by atoms with Gasteiger partial charge in [-0.3, -0.25) is 4.79 Å². The summed E-state index contributed by atoms with van der Waals surface area (Å²) >= 11 is 1.92. The molecule has 3 atom stereocenters. The number of hydrogen-bond donors (Lipinski definition) is 4. The molecular formula is C21H38N4O4S. The second-order valence-corrected chi connectivity index (χ2v) is 10.3. The quantitative estimate of drug-likeness (QED) is 0.274. The minimum Gasteiger partial charge on any atom is -0.444 e. The summed E-state index contributed by atoms with van der Waals surface area (Å²) in [5.74, 6) is 1.10. The van der Waals surface area contributed by atoms with Gasteiger partial charge in [0.05, 0.1) is 12.1 Å². The smallest absolute Gasteiger partial charge is 0.407 e. The molecule has 4 amide bonds. The Morgan fingerprint density at radius 1 is 1.03 bits per heavy atom. The molecule has 2 heterocycles. The fourth-order valence-electron chi connectivity index (χ4n) is 3.70. The number of alkyl carbamates (subject to hydrolysis) is 1. The van der Waals surface area contributed by atoms with Crippen molar-refractivity contribution in [3.05, 3.63) is 0 Å². The van der Waals surface area contributed by atoms with Crippen molar-refractivity contribution < 1.29 is 19.1 Å². The average Bonchev–Trinajstić information content (AvgIpc) is 3.19. The second kappa shape index (κ2) is 12.3. The highest BCUT2D eigenvalue weighted by Gasteiger charge is 2.42. The molecule has 0 saturated carbocycles. The van der Waals surface area contributed by atoms with Gasteiger partial charge in [0, 0.05) is 30.5 Å². The minimum atomic E-state index is -0.466. The standard InChI is InChI=1S/C21H38N4O4S/c1-21(2,3)29-20(28)23-13-9-5-4-8-12-22-17(26)11-7-6-10-16-18-15(14-30-16)24-19(27)25-18/h15-16,18H,4-14H2,1-3H3,(H,22,26)(H,23,28)(H2,24,25,27)/t15-,16-,18-/m0/s1. The summed E-state index contributed by atoms with van der Waals surface area (Å²) in [6, 6.07) is 0.466. The Bertz CT molecular complexity index is 582. The van der Waals surface area contributed by atoms with Crippen LogP contribution in [0, 0.1) is 0 Å². The zero-order valence-electron chi connectivity index (χ0n) is 18.6. The maximum atomic E-state index is 11.9. The molecular weight excluding hydrogens is 404 g/mol. The van der Waals surface area contributed by atoms with Crippen LogP contribution in [-0.2, 0) is 9.53 Å². The van der Waals surface area contributed by atoms with Crippen molar-refractivity contribution in [3.8, 4) is 0 Å². The number of nitrogens with one attached hydrogen (secondary N) is 4. The van der Waals surface area contributed by atoms with Gasteiger partial charge < -0.3 is 26.0 Å². The number of fused-ring (bicyclic) bond motifs is 1. The molecule has 0 radical (unpaired) electrons. The molecule has 172 valence electrons. The number of amides is 4. The third-order valence-electron chi connectivity index (χ3n) is 5.17. The fourth-order valence-corrected chi connectivity index (χ4v) is 5.24. The van der Waals surface area contributed by atoms with Gasteiger partial charge in [0.2, 0.25) is 5.91 Å². The van der Waals surface area contributed by atoms with Crippen molar-refractivity contribution in [2.75, 3.05) is 18.8 Å². The Morgan fingerprint density at radius 2 is 1.73 bits per heavy atom. The van der Waals surface area contributed by atoms with Crippen molar-refractivity contribution >= 4 is 29.8 Å². The number of carbonyl (C=O) groups is 3. The topological polar surface area (TPSA) is 109 Å². The molecule has 30 heavy (non-hydrogen) atoms. The SMILES string of the molecule is CC(C)(C)OC(=O)NCCCCCCNC(=O)CCCC[C@@H]1SC[C@@H]2NC(=O)N[C@@H]21. The molecule has 0 spiro atoms. The summed E-state index contributed by atoms with van der Waals surface area (Å²) in [7, 11) is 0. The molecule has 4 N–H and O–H groups in total. The first kappa shape index (κ1) is 24.6. The Labute approximate surface area is 184 Å². The number of unbranched alkanes of at least 4 members (excludes halogenated alkanes) is 4. The molecule has 0 unspecified atom stereocenters. The molecule has 9 heteroatoms. The van der Waals surface area contributed by atoms with E-state index in [0.29, 0.717) is 24.8 Å². The molecule has 0 aromatic heterocycles. The number of urea groups is 1. The van der Waals surface area contributed by atoms with Gasteiger partial charge in [-0.25, -0.2) is 9.59 Å². The van der Waals surface area contributed by atoms with E-state index in [-0.39, 0.29) is 30.1 Å². The van der Waals surface area contributed by atoms with Gasteiger partial charge in [-0.1, -0.05) is 19.3 Å². The van der Waals surface area contributed by atoms with Crippen LogP contribution < -0.4 is 21.3 Å². The van der Waals surface area contributed by atoms with Crippen LogP contribution in [0.25, 0.3) is 0 Å². The van der Waals surface area contributed by atoms with Crippen LogP contribution in [0.1, 0.15) is 72.1 Å². The average molecular weight is 443 g/mol. The maximum Gasteiger partial charge on any atom is 0.407 e. The van der Waals surface area contributed by atoms with Gasteiger partial charge in [0.25, 0.3) is 0 Å². The number of rotatable bonds is 12. The van der Waals surface area contributed by atoms with E-state index in [2.05, 4.69) is 21.3 Å². The van der Waals surface area contributed by atoms with Crippen LogP contribution in [0.5, 0.6) is 0 Å². The normalized spacial score (nSPS) is 22.8. The number of carbonyl (C=O) groups excluding carboxylic acids is 3. The van der Waals surface area contributed by atoms with E-state index in [4.69, 9.17) is 4.74 Å². The van der Waals surface area contributed by atoms with Crippen LogP contribution in [0.15, 0.2) is 0 Å². The highest BCUT2D eigenvalue weighted by Crippen LogP contribution is 2.33. The van der Waals surface area contributed by atoms with Crippen LogP contribution in [0.3, 0.4) is 0 Å². The van der Waals surface area contributed by atoms with Crippen LogP contribution in [0.4, 0.5) is 9.59 Å². The lowest BCUT2D eigenvalue weighted by Crippen LogP contribution is -2.36. The number of ether oxygens (including phenoxy) is 1. The number of thioether (sulfide) groups is 1. The Balaban J connectivity index is 1.38. The molecule has 2 saturated heterocycles. The van der Waals surface area contributed by atoms with Gasteiger partial charge in [0.15, 0.2) is 0 Å². The summed E-state index contributed by atoms with van der Waals surface area (Å²) in [5, 5.41) is 12.2. The third-order valence-corrected chi connectivity index (χ3v) is 6.68. The molecule has 0 bridgehead atoms. The van der Waals surface area contributed by atoms with E-state index < -0.39 is 5.60 Å². The maximum absolute atomic E-state index is 11.9. The highest BCUT2D eigenvalue weighted by molar-refractivity contribution is 8.00. The molecule has 2 aliphatic rings. The lowest BCUT2D eigenvalue weighted by Gasteiger charge is -2.19. The highest BCUT2D eigenvalue weighted by atomic mass is 32.2. The summed E-state index contributed by atoms with van der Waals surface area (Å²) < 4.78 is 5.18. The van der Waals surface area contributed by atoms with Gasteiger partial charge >= 0.3 is 12.1 Å². The monoisotopic (exact) mass is 442 g/mol. The largest absolute Gasteiger partial charge is 0.444 e. The fraction of sp³-hybridized carbons (Fsp3) is 0.857. The van der Waals surface area contributed by atoms with E-state index >= 15 is 0 Å². The molecule has 8 nitrogen and oxygen atoms in total. The Morgan fingerprint density at radius 3 is 2.43 bits per heavy atom. The van der Waals surface area contributed by atoms with Gasteiger partial charge in [0.1, 0.15) is 5.60 Å². The molecule has 2 fully saturated rings. The molecule has 0 aromatic carbocycles. The predicted octanol–water partition coefficient (Wildman–Crippen LogP) is 2.91. The summed E-state index contributed by atoms with van der Waals surface area (Å²) in [5.41, 5.74) is -0.466. The Kier molecular flexibility index (Phi) is 10.1. The van der Waals surface area contributed by atoms with Gasteiger partial charge in [-0.05, 0) is 46.5 Å². The van der Waals surface area contributed by atoms with Crippen LogP contribution in [-0.4, -0.2) is 59.8 Å². The van der Waals surface area contributed by atoms with Crippen molar-refractivity contribution in [1.82, 2.24) is 21.3 Å². The van der Waals surface area contributed by atoms with Gasteiger partial charge in [-0.2, -0.15) is 11.8 Å². The van der Waals surface area contributed by atoms with Gasteiger partial charge in [-0.15, -0.1) is 0 Å². The molecule has 2 aliphatic heterocycles. The van der Waals surface area contributed by atoms with Crippen molar-refractivity contribution in [3.63, 3.8) is 0 Å². The van der Waals surface area contributed by atoms with Crippen LogP contribution in [0.2, 0.25) is 0 Å². The summed E-state index contributed by atoms with van der Waals surface area (Å²) in [6.07, 6.45) is 7.03. The summed E-state index contributed by atoms with van der Waals surface area (Å²) in [4.78, 5) is 34.8. The zero-order valence-corrected chi connectivity index (χ0v) is 19.4. The lowest BCUT2D eigenvalue weighted by atomic mass is 10.0. The second-order valence-electron chi connectivity index (χ2n) is 9.06. The van der Waals surface area contributed by atoms with E-state index in [1.165, 1.54) is 0 Å². The van der Waals surface area contributed by atoms with E-state index in [9.17, 15) is 14.4 Å². The van der Waals surface area contributed by atoms with Crippen LogP contribution >= 0.6 is 11.8 Å². The van der Waals surface area contributed by atoms with E-state index in [0.717, 1.165) is 50.7 Å². The predicted molar refractivity (Wildman–Crippen MR) is 120 cm³/mol. The molecule has 2 rings (SSSR count). The number of hydrogen-bond acceptors (Lipinski definition) is 5. The molecule has 0 aliphatic carbocycles. The lowest BCUT2D eigenvalue weighted by molar-refractivity contribution is -0.121. The first-order chi connectivity index (χ1) is 14.2. The first-order valence-corrected chi connectivity index (χ1v) is 12.2. The van der Waals surface area contributed by atoms with E-state index in [1.807, 2.05) is 32.5 Å². The van der Waals surface area contributed by atoms with Crippen molar-refractivity contribution in [2.24, 2.45) is 0 Å². The molecule has 0 aromatic rings.